The van der Waals surface area contributed by atoms with Gasteiger partial charge in [-0.2, -0.15) is 0 Å². The molecule has 120 valence electrons. The zero-order valence-electron chi connectivity index (χ0n) is 12.5. The molecule has 0 aliphatic carbocycles. The third-order valence-electron chi connectivity index (χ3n) is 4.00. The van der Waals surface area contributed by atoms with E-state index in [2.05, 4.69) is 5.32 Å². The minimum absolute atomic E-state index is 0.0956. The summed E-state index contributed by atoms with van der Waals surface area (Å²) in [6.45, 7) is 1.03. The van der Waals surface area contributed by atoms with Crippen LogP contribution in [0, 0.1) is 11.7 Å². The molecular weight excluding hydrogens is 299 g/mol. The molecule has 1 saturated heterocycles. The van der Waals surface area contributed by atoms with E-state index >= 15 is 0 Å². The quantitative estimate of drug-likeness (QED) is 0.947. The Labute approximate surface area is 133 Å². The molecule has 0 unspecified atom stereocenters. The number of furan rings is 1. The number of anilines is 1. The molecular formula is C17H17FN2O3. The summed E-state index contributed by atoms with van der Waals surface area (Å²) in [5.74, 6) is -0.415. The molecule has 0 saturated carbocycles. The molecule has 1 aromatic carbocycles. The zero-order valence-corrected chi connectivity index (χ0v) is 12.5. The van der Waals surface area contributed by atoms with Gasteiger partial charge in [-0.1, -0.05) is 0 Å². The van der Waals surface area contributed by atoms with Gasteiger partial charge in [0.25, 0.3) is 5.91 Å². The van der Waals surface area contributed by atoms with Crippen molar-refractivity contribution in [2.75, 3.05) is 18.4 Å². The first-order valence-corrected chi connectivity index (χ1v) is 7.52. The van der Waals surface area contributed by atoms with Crippen LogP contribution in [0.25, 0.3) is 0 Å². The van der Waals surface area contributed by atoms with Crippen LogP contribution >= 0.6 is 0 Å². The number of likely N-dealkylation sites (tertiary alicyclic amines) is 1. The maximum atomic E-state index is 12.9. The van der Waals surface area contributed by atoms with Crippen molar-refractivity contribution in [3.05, 3.63) is 54.2 Å². The fourth-order valence-electron chi connectivity index (χ4n) is 2.68. The summed E-state index contributed by atoms with van der Waals surface area (Å²) in [6, 6.07) is 8.98. The van der Waals surface area contributed by atoms with E-state index in [0.29, 0.717) is 37.4 Å². The van der Waals surface area contributed by atoms with Gasteiger partial charge in [-0.3, -0.25) is 9.59 Å². The molecule has 3 rings (SSSR count). The van der Waals surface area contributed by atoms with E-state index < -0.39 is 0 Å². The number of benzene rings is 1. The summed E-state index contributed by atoms with van der Waals surface area (Å²) < 4.78 is 18.0. The minimum Gasteiger partial charge on any atom is -0.459 e. The number of amides is 2. The van der Waals surface area contributed by atoms with Crippen molar-refractivity contribution in [1.29, 1.82) is 0 Å². The van der Waals surface area contributed by atoms with Gasteiger partial charge in [-0.05, 0) is 49.2 Å². The van der Waals surface area contributed by atoms with Crippen LogP contribution in [0.5, 0.6) is 0 Å². The molecule has 1 aliphatic heterocycles. The van der Waals surface area contributed by atoms with Gasteiger partial charge in [0, 0.05) is 24.7 Å². The Morgan fingerprint density at radius 3 is 2.43 bits per heavy atom. The minimum atomic E-state index is -0.340. The summed E-state index contributed by atoms with van der Waals surface area (Å²) in [6.07, 6.45) is 2.66. The van der Waals surface area contributed by atoms with E-state index in [1.807, 2.05) is 0 Å². The van der Waals surface area contributed by atoms with Crippen LogP contribution in [-0.2, 0) is 4.79 Å². The first kappa shape index (κ1) is 15.3. The Hall–Kier alpha value is -2.63. The summed E-state index contributed by atoms with van der Waals surface area (Å²) in [5.41, 5.74) is 0.575. The standard InChI is InChI=1S/C17H17FN2O3/c18-13-3-5-14(6-4-13)19-16(21)12-7-9-20(10-8-12)17(22)15-2-1-11-23-15/h1-6,11-12H,7-10H2,(H,19,21). The molecule has 1 N–H and O–H groups in total. The second-order valence-electron chi connectivity index (χ2n) is 5.54. The number of hydrogen-bond acceptors (Lipinski definition) is 3. The first-order chi connectivity index (χ1) is 11.1. The van der Waals surface area contributed by atoms with E-state index in [0.717, 1.165) is 0 Å². The van der Waals surface area contributed by atoms with E-state index in [9.17, 15) is 14.0 Å². The predicted octanol–water partition coefficient (Wildman–Crippen LogP) is 2.91. The molecule has 2 amide bonds. The maximum absolute atomic E-state index is 12.9. The van der Waals surface area contributed by atoms with Gasteiger partial charge in [0.1, 0.15) is 5.82 Å². The highest BCUT2D eigenvalue weighted by Crippen LogP contribution is 2.21. The number of nitrogens with one attached hydrogen (secondary N) is 1. The van der Waals surface area contributed by atoms with Crippen molar-refractivity contribution >= 4 is 17.5 Å². The van der Waals surface area contributed by atoms with E-state index in [-0.39, 0.29) is 23.5 Å². The Morgan fingerprint density at radius 1 is 1.13 bits per heavy atom. The lowest BCUT2D eigenvalue weighted by atomic mass is 9.95. The fourth-order valence-corrected chi connectivity index (χ4v) is 2.68. The van der Waals surface area contributed by atoms with Crippen molar-refractivity contribution in [3.63, 3.8) is 0 Å². The van der Waals surface area contributed by atoms with Gasteiger partial charge in [0.05, 0.1) is 6.26 Å². The summed E-state index contributed by atoms with van der Waals surface area (Å²) in [5, 5.41) is 2.78. The molecule has 6 heteroatoms. The SMILES string of the molecule is O=C(Nc1ccc(F)cc1)C1CCN(C(=O)c2ccco2)CC1. The number of carbonyl (C=O) groups is 2. The van der Waals surface area contributed by atoms with Crippen LogP contribution in [0.3, 0.4) is 0 Å². The Bertz CT molecular complexity index is 674. The van der Waals surface area contributed by atoms with Gasteiger partial charge < -0.3 is 14.6 Å². The van der Waals surface area contributed by atoms with Crippen molar-refractivity contribution < 1.29 is 18.4 Å². The average Bonchev–Trinajstić information content (AvgIpc) is 3.11. The molecule has 1 aliphatic rings. The highest BCUT2D eigenvalue weighted by molar-refractivity contribution is 5.93. The second kappa shape index (κ2) is 6.64. The third-order valence-corrected chi connectivity index (χ3v) is 4.00. The molecule has 23 heavy (non-hydrogen) atoms. The third kappa shape index (κ3) is 3.59. The van der Waals surface area contributed by atoms with Crippen molar-refractivity contribution in [2.24, 2.45) is 5.92 Å². The maximum Gasteiger partial charge on any atom is 0.289 e. The Morgan fingerprint density at radius 2 is 1.83 bits per heavy atom. The van der Waals surface area contributed by atoms with Gasteiger partial charge in [-0.25, -0.2) is 4.39 Å². The number of nitrogens with zero attached hydrogens (tertiary/aromatic N) is 1. The van der Waals surface area contributed by atoms with Gasteiger partial charge >= 0.3 is 0 Å². The fraction of sp³-hybridized carbons (Fsp3) is 0.294. The largest absolute Gasteiger partial charge is 0.459 e. The van der Waals surface area contributed by atoms with Gasteiger partial charge in [-0.15, -0.1) is 0 Å². The van der Waals surface area contributed by atoms with Crippen LogP contribution in [0.1, 0.15) is 23.4 Å². The number of piperidine rings is 1. The highest BCUT2D eigenvalue weighted by Gasteiger charge is 2.28. The number of rotatable bonds is 3. The van der Waals surface area contributed by atoms with Crippen LogP contribution in [0.2, 0.25) is 0 Å². The lowest BCUT2D eigenvalue weighted by Gasteiger charge is -2.30. The Kier molecular flexibility index (Phi) is 4.41. The molecule has 0 bridgehead atoms. The summed E-state index contributed by atoms with van der Waals surface area (Å²) >= 11 is 0. The topological polar surface area (TPSA) is 62.6 Å². The molecule has 0 atom stereocenters. The number of halogens is 1. The van der Waals surface area contributed by atoms with Crippen LogP contribution in [-0.4, -0.2) is 29.8 Å². The molecule has 2 aromatic rings. The van der Waals surface area contributed by atoms with E-state index in [1.165, 1.54) is 30.5 Å². The monoisotopic (exact) mass is 316 g/mol. The molecule has 2 heterocycles. The van der Waals surface area contributed by atoms with Gasteiger partial charge in [0.15, 0.2) is 5.76 Å². The highest BCUT2D eigenvalue weighted by atomic mass is 19.1. The predicted molar refractivity (Wildman–Crippen MR) is 82.4 cm³/mol. The lowest BCUT2D eigenvalue weighted by Crippen LogP contribution is -2.41. The summed E-state index contributed by atoms with van der Waals surface area (Å²) in [7, 11) is 0. The van der Waals surface area contributed by atoms with Crippen LogP contribution in [0.15, 0.2) is 47.1 Å². The molecule has 1 fully saturated rings. The Balaban J connectivity index is 1.53. The number of hydrogen-bond donors (Lipinski definition) is 1. The lowest BCUT2D eigenvalue weighted by molar-refractivity contribution is -0.121. The molecule has 1 aromatic heterocycles. The molecule has 5 nitrogen and oxygen atoms in total. The second-order valence-corrected chi connectivity index (χ2v) is 5.54. The zero-order chi connectivity index (χ0) is 16.2. The van der Waals surface area contributed by atoms with Crippen LogP contribution in [0.4, 0.5) is 10.1 Å². The smallest absolute Gasteiger partial charge is 0.289 e. The van der Waals surface area contributed by atoms with E-state index in [4.69, 9.17) is 4.42 Å². The normalized spacial score (nSPS) is 15.4. The van der Waals surface area contributed by atoms with Gasteiger partial charge in [0.2, 0.25) is 5.91 Å². The van der Waals surface area contributed by atoms with Crippen molar-refractivity contribution in [3.8, 4) is 0 Å². The van der Waals surface area contributed by atoms with Crippen LogP contribution < -0.4 is 5.32 Å². The molecule has 0 spiro atoms. The average molecular weight is 316 g/mol. The number of carbonyl (C=O) groups excluding carboxylic acids is 2. The van der Waals surface area contributed by atoms with Crippen molar-refractivity contribution in [2.45, 2.75) is 12.8 Å². The molecule has 0 radical (unpaired) electrons. The van der Waals surface area contributed by atoms with Crippen molar-refractivity contribution in [1.82, 2.24) is 4.90 Å². The first-order valence-electron chi connectivity index (χ1n) is 7.52. The van der Waals surface area contributed by atoms with E-state index in [1.54, 1.807) is 17.0 Å². The summed E-state index contributed by atoms with van der Waals surface area (Å²) in [4.78, 5) is 26.1.